The van der Waals surface area contributed by atoms with Gasteiger partial charge in [0.25, 0.3) is 5.91 Å². The van der Waals surface area contributed by atoms with E-state index < -0.39 is 0 Å². The molecule has 0 spiro atoms. The minimum atomic E-state index is -0.362. The van der Waals surface area contributed by atoms with Crippen LogP contribution in [-0.4, -0.2) is 56.7 Å². The van der Waals surface area contributed by atoms with Gasteiger partial charge < -0.3 is 25.4 Å². The monoisotopic (exact) mass is 377 g/mol. The topological polar surface area (TPSA) is 93.9 Å². The average Bonchev–Trinajstić information content (AvgIpc) is 2.57. The average molecular weight is 378 g/mol. The zero-order valence-electron chi connectivity index (χ0n) is 13.3. The number of carbonyl (C=O) groups is 2. The first-order valence-electron chi connectivity index (χ1n) is 7.29. The minimum Gasteiger partial charge on any atom is -0.496 e. The molecule has 0 radical (unpaired) electrons. The molecular formula is C15H21Cl2N3O4. The molecule has 2 rings (SSSR count). The van der Waals surface area contributed by atoms with Crippen molar-refractivity contribution in [2.75, 3.05) is 45.7 Å². The fourth-order valence-corrected chi connectivity index (χ4v) is 2.43. The van der Waals surface area contributed by atoms with E-state index in [-0.39, 0.29) is 47.8 Å². The van der Waals surface area contributed by atoms with Crippen LogP contribution >= 0.6 is 24.0 Å². The molecule has 0 aromatic heterocycles. The number of nitrogens with zero attached hydrogens (tertiary/aromatic N) is 1. The lowest BCUT2D eigenvalue weighted by Gasteiger charge is -2.26. The van der Waals surface area contributed by atoms with Gasteiger partial charge in [0, 0.05) is 32.1 Å². The van der Waals surface area contributed by atoms with Crippen LogP contribution in [0.3, 0.4) is 0 Å². The number of nitrogens with two attached hydrogens (primary N) is 1. The zero-order valence-corrected chi connectivity index (χ0v) is 14.9. The molecule has 0 atom stereocenters. The molecule has 1 fully saturated rings. The van der Waals surface area contributed by atoms with Crippen LogP contribution in [0.4, 0.5) is 5.69 Å². The van der Waals surface area contributed by atoms with E-state index in [1.807, 2.05) is 0 Å². The number of morpholine rings is 1. The molecule has 0 aliphatic carbocycles. The number of ether oxygens (including phenoxy) is 2. The van der Waals surface area contributed by atoms with Crippen LogP contribution in [0.15, 0.2) is 12.1 Å². The lowest BCUT2D eigenvalue weighted by Crippen LogP contribution is -2.42. The summed E-state index contributed by atoms with van der Waals surface area (Å²) in [5.74, 6) is -0.0293. The van der Waals surface area contributed by atoms with Gasteiger partial charge in [-0.15, -0.1) is 12.4 Å². The molecule has 24 heavy (non-hydrogen) atoms. The summed E-state index contributed by atoms with van der Waals surface area (Å²) in [5.41, 5.74) is 6.30. The summed E-state index contributed by atoms with van der Waals surface area (Å²) in [7, 11) is 1.45. The van der Waals surface area contributed by atoms with Crippen LogP contribution in [0.1, 0.15) is 16.8 Å². The number of nitrogen functional groups attached to an aromatic ring is 1. The first kappa shape index (κ1) is 20.3. The Labute approximate surface area is 151 Å². The van der Waals surface area contributed by atoms with Crippen LogP contribution in [0.2, 0.25) is 5.02 Å². The van der Waals surface area contributed by atoms with E-state index in [1.54, 1.807) is 4.90 Å². The van der Waals surface area contributed by atoms with Crippen molar-refractivity contribution in [2.24, 2.45) is 0 Å². The fourth-order valence-electron chi connectivity index (χ4n) is 2.26. The van der Waals surface area contributed by atoms with Crippen molar-refractivity contribution in [3.63, 3.8) is 0 Å². The highest BCUT2D eigenvalue weighted by Gasteiger charge is 2.18. The Morgan fingerprint density at radius 2 is 2.04 bits per heavy atom. The number of carbonyl (C=O) groups excluding carboxylic acids is 2. The first-order valence-corrected chi connectivity index (χ1v) is 7.67. The second-order valence-corrected chi connectivity index (χ2v) is 5.48. The quantitative estimate of drug-likeness (QED) is 0.754. The number of hydrogen-bond donors (Lipinski definition) is 2. The maximum Gasteiger partial charge on any atom is 0.255 e. The Morgan fingerprint density at radius 3 is 2.67 bits per heavy atom. The highest BCUT2D eigenvalue weighted by molar-refractivity contribution is 6.33. The summed E-state index contributed by atoms with van der Waals surface area (Å²) in [5, 5.41) is 2.97. The molecule has 0 unspecified atom stereocenters. The van der Waals surface area contributed by atoms with Gasteiger partial charge in [-0.25, -0.2) is 0 Å². The van der Waals surface area contributed by atoms with Gasteiger partial charge in [-0.2, -0.15) is 0 Å². The maximum atomic E-state index is 12.2. The molecule has 2 amide bonds. The van der Waals surface area contributed by atoms with Crippen molar-refractivity contribution in [2.45, 2.75) is 6.42 Å². The van der Waals surface area contributed by atoms with Crippen molar-refractivity contribution < 1.29 is 19.1 Å². The van der Waals surface area contributed by atoms with Gasteiger partial charge in [0.2, 0.25) is 5.91 Å². The smallest absolute Gasteiger partial charge is 0.255 e. The lowest BCUT2D eigenvalue weighted by atomic mass is 10.1. The molecule has 7 nitrogen and oxygen atoms in total. The van der Waals surface area contributed by atoms with Crippen molar-refractivity contribution in [3.05, 3.63) is 22.7 Å². The third kappa shape index (κ3) is 5.15. The minimum absolute atomic E-state index is 0. The van der Waals surface area contributed by atoms with Gasteiger partial charge in [-0.3, -0.25) is 9.59 Å². The van der Waals surface area contributed by atoms with Gasteiger partial charge in [-0.05, 0) is 6.07 Å². The molecular weight excluding hydrogens is 357 g/mol. The zero-order chi connectivity index (χ0) is 16.8. The van der Waals surface area contributed by atoms with E-state index in [4.69, 9.17) is 26.8 Å². The van der Waals surface area contributed by atoms with Gasteiger partial charge in [0.1, 0.15) is 5.75 Å². The number of amides is 2. The highest BCUT2D eigenvalue weighted by Crippen LogP contribution is 2.28. The molecule has 1 saturated heterocycles. The van der Waals surface area contributed by atoms with Crippen LogP contribution in [0.25, 0.3) is 0 Å². The summed E-state index contributed by atoms with van der Waals surface area (Å²) >= 11 is 5.94. The normalized spacial score (nSPS) is 13.8. The van der Waals surface area contributed by atoms with E-state index in [0.717, 1.165) is 0 Å². The number of nitrogens with one attached hydrogen (secondary N) is 1. The number of anilines is 1. The van der Waals surface area contributed by atoms with Crippen molar-refractivity contribution >= 4 is 41.5 Å². The summed E-state index contributed by atoms with van der Waals surface area (Å²) in [6, 6.07) is 2.95. The van der Waals surface area contributed by atoms with Crippen LogP contribution in [-0.2, 0) is 9.53 Å². The number of halogens is 2. The van der Waals surface area contributed by atoms with Crippen molar-refractivity contribution in [1.82, 2.24) is 10.2 Å². The second-order valence-electron chi connectivity index (χ2n) is 5.07. The number of hydrogen-bond acceptors (Lipinski definition) is 5. The van der Waals surface area contributed by atoms with Gasteiger partial charge >= 0.3 is 0 Å². The predicted octanol–water partition coefficient (Wildman–Crippen LogP) is 1.33. The Kier molecular flexibility index (Phi) is 8.10. The first-order chi connectivity index (χ1) is 11.0. The van der Waals surface area contributed by atoms with Crippen LogP contribution in [0, 0.1) is 0 Å². The van der Waals surface area contributed by atoms with Crippen molar-refractivity contribution in [3.8, 4) is 5.75 Å². The summed E-state index contributed by atoms with van der Waals surface area (Å²) in [6.45, 7) is 2.53. The standard InChI is InChI=1S/C15H20ClN3O4.ClH/c1-22-13-9-12(17)11(16)8-10(13)15(21)18-3-2-14(20)19-4-6-23-7-5-19;/h8-9H,2-7,17H2,1H3,(H,18,21);1H. The van der Waals surface area contributed by atoms with Gasteiger partial charge in [-0.1, -0.05) is 11.6 Å². The van der Waals surface area contributed by atoms with E-state index in [2.05, 4.69) is 5.32 Å². The number of methoxy groups -OCH3 is 1. The Bertz CT molecular complexity index is 592. The molecule has 1 aromatic carbocycles. The third-order valence-electron chi connectivity index (χ3n) is 3.55. The van der Waals surface area contributed by atoms with E-state index in [9.17, 15) is 9.59 Å². The molecule has 0 saturated carbocycles. The molecule has 1 aromatic rings. The summed E-state index contributed by atoms with van der Waals surface area (Å²) < 4.78 is 10.3. The molecule has 0 bridgehead atoms. The Morgan fingerprint density at radius 1 is 1.38 bits per heavy atom. The van der Waals surface area contributed by atoms with Crippen LogP contribution < -0.4 is 15.8 Å². The highest BCUT2D eigenvalue weighted by atomic mass is 35.5. The molecule has 1 aliphatic heterocycles. The number of benzene rings is 1. The third-order valence-corrected chi connectivity index (χ3v) is 3.88. The maximum absolute atomic E-state index is 12.2. The summed E-state index contributed by atoms with van der Waals surface area (Å²) in [4.78, 5) is 25.9. The van der Waals surface area contributed by atoms with Gasteiger partial charge in [0.05, 0.1) is 36.6 Å². The Hall–Kier alpha value is -1.70. The number of rotatable bonds is 5. The largest absolute Gasteiger partial charge is 0.496 e. The SMILES string of the molecule is COc1cc(N)c(Cl)cc1C(=O)NCCC(=O)N1CCOCC1.Cl. The van der Waals surface area contributed by atoms with Crippen molar-refractivity contribution in [1.29, 1.82) is 0 Å². The van der Waals surface area contributed by atoms with E-state index in [0.29, 0.717) is 37.7 Å². The lowest BCUT2D eigenvalue weighted by molar-refractivity contribution is -0.135. The van der Waals surface area contributed by atoms with E-state index >= 15 is 0 Å². The fraction of sp³-hybridized carbons (Fsp3) is 0.467. The van der Waals surface area contributed by atoms with Crippen LogP contribution in [0.5, 0.6) is 5.75 Å². The summed E-state index contributed by atoms with van der Waals surface area (Å²) in [6.07, 6.45) is 0.233. The molecule has 3 N–H and O–H groups in total. The Balaban J connectivity index is 0.00000288. The molecule has 1 aliphatic rings. The molecule has 9 heteroatoms. The molecule has 1 heterocycles. The van der Waals surface area contributed by atoms with Gasteiger partial charge in [0.15, 0.2) is 0 Å². The van der Waals surface area contributed by atoms with E-state index in [1.165, 1.54) is 19.2 Å². The molecule has 134 valence electrons. The second kappa shape index (κ2) is 9.56. The predicted molar refractivity (Wildman–Crippen MR) is 94.0 cm³/mol.